The van der Waals surface area contributed by atoms with Gasteiger partial charge < -0.3 is 0 Å². The summed E-state index contributed by atoms with van der Waals surface area (Å²) in [6.45, 7) is 4.71. The van der Waals surface area contributed by atoms with E-state index in [2.05, 4.69) is 0 Å². The average molecular weight is 274 g/mol. The molecule has 0 saturated carbocycles. The van der Waals surface area contributed by atoms with Gasteiger partial charge in [-0.1, -0.05) is 17.7 Å². The van der Waals surface area contributed by atoms with Crippen LogP contribution in [0.2, 0.25) is 0 Å². The molecule has 0 aromatic heterocycles. The molecule has 1 unspecified atom stereocenters. The smallest absolute Gasteiger partial charge is 0.207 e. The minimum atomic E-state index is -3.37. The minimum Gasteiger partial charge on any atom is -0.207 e. The van der Waals surface area contributed by atoms with Gasteiger partial charge in [0.05, 0.1) is 4.90 Å². The molecule has 2 rings (SSSR count). The Hall–Kier alpha value is -0.580. The van der Waals surface area contributed by atoms with E-state index < -0.39 is 10.0 Å². The Morgan fingerprint density at radius 2 is 2.06 bits per heavy atom. The lowest BCUT2D eigenvalue weighted by Gasteiger charge is -2.17. The van der Waals surface area contributed by atoms with Crippen LogP contribution >= 0.6 is 11.6 Å². The van der Waals surface area contributed by atoms with Crippen LogP contribution in [-0.2, 0) is 10.0 Å². The summed E-state index contributed by atoms with van der Waals surface area (Å²) in [6.07, 6.45) is 0.728. The van der Waals surface area contributed by atoms with Gasteiger partial charge in [-0.05, 0) is 31.9 Å². The van der Waals surface area contributed by atoms with E-state index in [0.717, 1.165) is 17.5 Å². The number of alkyl halides is 1. The number of nitrogens with zero attached hydrogens (tertiary/aromatic N) is 1. The second kappa shape index (κ2) is 4.59. The molecular formula is C12H16ClNO2S. The number of benzene rings is 1. The highest BCUT2D eigenvalue weighted by atomic mass is 35.5. The standard InChI is InChI=1S/C12H16ClNO2S/c1-9-3-4-12(10(2)7-9)17(15,16)14-6-5-11(13)8-14/h3-4,7,11H,5-6,8H2,1-2H3. The van der Waals surface area contributed by atoms with Gasteiger partial charge in [0.15, 0.2) is 0 Å². The number of rotatable bonds is 2. The molecule has 0 radical (unpaired) electrons. The van der Waals surface area contributed by atoms with Crippen LogP contribution in [0.25, 0.3) is 0 Å². The van der Waals surface area contributed by atoms with Crippen molar-refractivity contribution in [3.05, 3.63) is 29.3 Å². The molecule has 0 amide bonds. The molecule has 1 saturated heterocycles. The van der Waals surface area contributed by atoms with Crippen molar-refractivity contribution in [3.63, 3.8) is 0 Å². The lowest BCUT2D eigenvalue weighted by molar-refractivity contribution is 0.477. The Morgan fingerprint density at radius 3 is 2.59 bits per heavy atom. The van der Waals surface area contributed by atoms with Crippen LogP contribution in [0.1, 0.15) is 17.5 Å². The second-order valence-corrected chi connectivity index (χ2v) is 7.04. The topological polar surface area (TPSA) is 37.4 Å². The zero-order chi connectivity index (χ0) is 12.6. The lowest BCUT2D eigenvalue weighted by Crippen LogP contribution is -2.29. The Labute approximate surface area is 107 Å². The van der Waals surface area contributed by atoms with E-state index in [0.29, 0.717) is 18.0 Å². The van der Waals surface area contributed by atoms with Crippen LogP contribution < -0.4 is 0 Å². The van der Waals surface area contributed by atoms with E-state index in [9.17, 15) is 8.42 Å². The SMILES string of the molecule is Cc1ccc(S(=O)(=O)N2CCC(Cl)C2)c(C)c1. The number of sulfonamides is 1. The van der Waals surface area contributed by atoms with Crippen molar-refractivity contribution in [1.82, 2.24) is 4.31 Å². The van der Waals surface area contributed by atoms with Gasteiger partial charge in [-0.2, -0.15) is 4.31 Å². The fourth-order valence-electron chi connectivity index (χ4n) is 2.13. The maximum Gasteiger partial charge on any atom is 0.243 e. The molecule has 3 nitrogen and oxygen atoms in total. The summed E-state index contributed by atoms with van der Waals surface area (Å²) in [5.74, 6) is 0. The van der Waals surface area contributed by atoms with Crippen LogP contribution in [0.5, 0.6) is 0 Å². The van der Waals surface area contributed by atoms with Crippen molar-refractivity contribution >= 4 is 21.6 Å². The third-order valence-corrected chi connectivity index (χ3v) is 5.42. The Kier molecular flexibility index (Phi) is 3.48. The average Bonchev–Trinajstić information content (AvgIpc) is 2.64. The summed E-state index contributed by atoms with van der Waals surface area (Å²) in [7, 11) is -3.37. The van der Waals surface area contributed by atoms with Gasteiger partial charge in [-0.25, -0.2) is 8.42 Å². The van der Waals surface area contributed by atoms with Gasteiger partial charge in [0, 0.05) is 18.5 Å². The van der Waals surface area contributed by atoms with Crippen molar-refractivity contribution in [1.29, 1.82) is 0 Å². The zero-order valence-corrected chi connectivity index (χ0v) is 11.6. The molecule has 1 aliphatic heterocycles. The first-order chi connectivity index (χ1) is 7.91. The molecule has 0 spiro atoms. The highest BCUT2D eigenvalue weighted by Crippen LogP contribution is 2.25. The predicted octanol–water partition coefficient (Wildman–Crippen LogP) is 2.31. The number of hydrogen-bond donors (Lipinski definition) is 0. The molecule has 1 aromatic carbocycles. The summed E-state index contributed by atoms with van der Waals surface area (Å²) in [4.78, 5) is 0.397. The first kappa shape index (κ1) is 12.9. The Morgan fingerprint density at radius 1 is 1.35 bits per heavy atom. The van der Waals surface area contributed by atoms with Gasteiger partial charge in [0.25, 0.3) is 0 Å². The molecule has 94 valence electrons. The molecule has 1 heterocycles. The molecule has 1 aromatic rings. The molecule has 5 heteroatoms. The molecule has 0 aliphatic carbocycles. The van der Waals surface area contributed by atoms with Gasteiger partial charge in [-0.3, -0.25) is 0 Å². The highest BCUT2D eigenvalue weighted by molar-refractivity contribution is 7.89. The van der Waals surface area contributed by atoms with Crippen LogP contribution in [-0.4, -0.2) is 31.2 Å². The van der Waals surface area contributed by atoms with Gasteiger partial charge in [-0.15, -0.1) is 11.6 Å². The lowest BCUT2D eigenvalue weighted by atomic mass is 10.2. The largest absolute Gasteiger partial charge is 0.243 e. The van der Waals surface area contributed by atoms with E-state index >= 15 is 0 Å². The molecule has 0 bridgehead atoms. The number of hydrogen-bond acceptors (Lipinski definition) is 2. The van der Waals surface area contributed by atoms with Crippen LogP contribution in [0.15, 0.2) is 23.1 Å². The normalized spacial score (nSPS) is 21.9. The number of halogens is 1. The van der Waals surface area contributed by atoms with Crippen molar-refractivity contribution in [2.45, 2.75) is 30.5 Å². The molecule has 1 fully saturated rings. The molecule has 1 aliphatic rings. The first-order valence-electron chi connectivity index (χ1n) is 5.63. The van der Waals surface area contributed by atoms with Gasteiger partial charge in [0.2, 0.25) is 10.0 Å². The number of aryl methyl sites for hydroxylation is 2. The highest BCUT2D eigenvalue weighted by Gasteiger charge is 2.32. The minimum absolute atomic E-state index is 0.0597. The zero-order valence-electron chi connectivity index (χ0n) is 9.98. The maximum absolute atomic E-state index is 12.4. The molecule has 17 heavy (non-hydrogen) atoms. The third-order valence-electron chi connectivity index (χ3n) is 3.04. The van der Waals surface area contributed by atoms with Gasteiger partial charge in [0.1, 0.15) is 0 Å². The fraction of sp³-hybridized carbons (Fsp3) is 0.500. The van der Waals surface area contributed by atoms with Crippen molar-refractivity contribution < 1.29 is 8.42 Å². The quantitative estimate of drug-likeness (QED) is 0.776. The second-order valence-electron chi connectivity index (χ2n) is 4.52. The predicted molar refractivity (Wildman–Crippen MR) is 68.9 cm³/mol. The van der Waals surface area contributed by atoms with Crippen molar-refractivity contribution in [2.75, 3.05) is 13.1 Å². The van der Waals surface area contributed by atoms with E-state index in [4.69, 9.17) is 11.6 Å². The Bertz CT molecular complexity index is 527. The summed E-state index contributed by atoms with van der Waals surface area (Å²) in [5, 5.41) is -0.0597. The summed E-state index contributed by atoms with van der Waals surface area (Å²) in [5.41, 5.74) is 1.86. The van der Waals surface area contributed by atoms with Crippen molar-refractivity contribution in [3.8, 4) is 0 Å². The first-order valence-corrected chi connectivity index (χ1v) is 7.50. The van der Waals surface area contributed by atoms with E-state index in [1.165, 1.54) is 4.31 Å². The third kappa shape index (κ3) is 2.49. The van der Waals surface area contributed by atoms with E-state index in [-0.39, 0.29) is 5.38 Å². The van der Waals surface area contributed by atoms with Crippen LogP contribution in [0.3, 0.4) is 0 Å². The Balaban J connectivity index is 2.38. The molecular weight excluding hydrogens is 258 g/mol. The van der Waals surface area contributed by atoms with E-state index in [1.807, 2.05) is 26.0 Å². The summed E-state index contributed by atoms with van der Waals surface area (Å²) >= 11 is 5.96. The van der Waals surface area contributed by atoms with Crippen LogP contribution in [0.4, 0.5) is 0 Å². The fourth-order valence-corrected chi connectivity index (χ4v) is 4.19. The van der Waals surface area contributed by atoms with Crippen LogP contribution in [0, 0.1) is 13.8 Å². The monoisotopic (exact) mass is 273 g/mol. The van der Waals surface area contributed by atoms with Gasteiger partial charge >= 0.3 is 0 Å². The van der Waals surface area contributed by atoms with E-state index in [1.54, 1.807) is 6.07 Å². The molecule has 1 atom stereocenters. The maximum atomic E-state index is 12.4. The van der Waals surface area contributed by atoms with Crippen molar-refractivity contribution in [2.24, 2.45) is 0 Å². The summed E-state index contributed by atoms with van der Waals surface area (Å²) in [6, 6.07) is 5.40. The molecule has 0 N–H and O–H groups in total. The summed E-state index contributed by atoms with van der Waals surface area (Å²) < 4.78 is 26.2.